The highest BCUT2D eigenvalue weighted by Crippen LogP contribution is 2.25. The van der Waals surface area contributed by atoms with Crippen molar-refractivity contribution >= 4 is 23.2 Å². The predicted octanol–water partition coefficient (Wildman–Crippen LogP) is 3.38. The smallest absolute Gasteiger partial charge is 0.0423 e. The average Bonchev–Trinajstić information content (AvgIpc) is 2.29. The molecule has 0 aliphatic heterocycles. The van der Waals surface area contributed by atoms with E-state index in [1.165, 1.54) is 0 Å². The Morgan fingerprint density at radius 2 is 1.65 bits per heavy atom. The summed E-state index contributed by atoms with van der Waals surface area (Å²) in [5.41, 5.74) is 6.97. The molecule has 0 aliphatic carbocycles. The van der Waals surface area contributed by atoms with Crippen molar-refractivity contribution in [3.63, 3.8) is 0 Å². The Labute approximate surface area is 114 Å². The van der Waals surface area contributed by atoms with E-state index < -0.39 is 0 Å². The zero-order chi connectivity index (χ0) is 12.8. The molecular formula is C13H20Cl2N2. The maximum atomic E-state index is 6.02. The number of nitrogens with zero attached hydrogens (tertiary/aromatic N) is 1. The minimum absolute atomic E-state index is 0.283. The molecule has 0 aliphatic rings. The third-order valence-corrected chi connectivity index (χ3v) is 3.45. The largest absolute Gasteiger partial charge is 0.330 e. The summed E-state index contributed by atoms with van der Waals surface area (Å²) in [6, 6.07) is 5.65. The maximum absolute atomic E-state index is 6.02. The van der Waals surface area contributed by atoms with Gasteiger partial charge in [0.05, 0.1) is 0 Å². The van der Waals surface area contributed by atoms with Crippen LogP contribution in [0.3, 0.4) is 0 Å². The van der Waals surface area contributed by atoms with Crippen LogP contribution in [0.5, 0.6) is 0 Å². The van der Waals surface area contributed by atoms with Crippen LogP contribution in [-0.2, 0) is 0 Å². The van der Waals surface area contributed by atoms with Gasteiger partial charge in [0.2, 0.25) is 0 Å². The molecule has 2 nitrogen and oxygen atoms in total. The number of rotatable bonds is 6. The first kappa shape index (κ1) is 14.8. The van der Waals surface area contributed by atoms with Crippen LogP contribution in [0.2, 0.25) is 10.0 Å². The highest BCUT2D eigenvalue weighted by Gasteiger charge is 2.14. The lowest BCUT2D eigenvalue weighted by molar-refractivity contribution is 0.284. The summed E-state index contributed by atoms with van der Waals surface area (Å²) in [4.78, 5) is 2.35. The van der Waals surface area contributed by atoms with Crippen LogP contribution in [0, 0.1) is 0 Å². The van der Waals surface area contributed by atoms with Crippen molar-refractivity contribution in [1.82, 2.24) is 4.90 Å². The monoisotopic (exact) mass is 274 g/mol. The van der Waals surface area contributed by atoms with Crippen LogP contribution in [0.15, 0.2) is 18.2 Å². The SMILES string of the molecule is CCN(CC)CC(CN)c1cc(Cl)cc(Cl)c1. The lowest BCUT2D eigenvalue weighted by Gasteiger charge is -2.25. The van der Waals surface area contributed by atoms with Gasteiger partial charge in [-0.25, -0.2) is 0 Å². The molecule has 0 aromatic heterocycles. The third-order valence-electron chi connectivity index (χ3n) is 3.01. The molecule has 96 valence electrons. The number of likely N-dealkylation sites (N-methyl/N-ethyl adjacent to an activating group) is 1. The van der Waals surface area contributed by atoms with Gasteiger partial charge in [-0.15, -0.1) is 0 Å². The number of benzene rings is 1. The van der Waals surface area contributed by atoms with Gasteiger partial charge in [-0.2, -0.15) is 0 Å². The Bertz CT molecular complexity index is 331. The topological polar surface area (TPSA) is 29.3 Å². The molecule has 17 heavy (non-hydrogen) atoms. The summed E-state index contributed by atoms with van der Waals surface area (Å²) < 4.78 is 0. The Hall–Kier alpha value is -0.280. The van der Waals surface area contributed by atoms with Crippen LogP contribution in [0.4, 0.5) is 0 Å². The van der Waals surface area contributed by atoms with E-state index in [-0.39, 0.29) is 5.92 Å². The molecule has 2 N–H and O–H groups in total. The number of halogens is 2. The highest BCUT2D eigenvalue weighted by molar-refractivity contribution is 6.34. The molecule has 0 bridgehead atoms. The molecule has 1 aromatic carbocycles. The summed E-state index contributed by atoms with van der Waals surface area (Å²) in [5.74, 6) is 0.283. The van der Waals surface area contributed by atoms with E-state index in [0.29, 0.717) is 16.6 Å². The third kappa shape index (κ3) is 4.47. The molecular weight excluding hydrogens is 255 g/mol. The molecule has 1 aromatic rings. The molecule has 0 saturated heterocycles. The second-order valence-corrected chi connectivity index (χ2v) is 4.99. The van der Waals surface area contributed by atoms with E-state index in [2.05, 4.69) is 18.7 Å². The van der Waals surface area contributed by atoms with Gasteiger partial charge in [-0.05, 0) is 36.9 Å². The van der Waals surface area contributed by atoms with Gasteiger partial charge in [0.1, 0.15) is 0 Å². The van der Waals surface area contributed by atoms with E-state index in [1.807, 2.05) is 12.1 Å². The van der Waals surface area contributed by atoms with Crippen LogP contribution < -0.4 is 5.73 Å². The molecule has 1 unspecified atom stereocenters. The van der Waals surface area contributed by atoms with E-state index in [9.17, 15) is 0 Å². The Morgan fingerprint density at radius 1 is 1.12 bits per heavy atom. The fourth-order valence-corrected chi connectivity index (χ4v) is 2.46. The van der Waals surface area contributed by atoms with Crippen LogP contribution in [0.1, 0.15) is 25.3 Å². The molecule has 0 heterocycles. The van der Waals surface area contributed by atoms with Gasteiger partial charge in [0.15, 0.2) is 0 Å². The average molecular weight is 275 g/mol. The first-order valence-corrected chi connectivity index (χ1v) is 6.74. The highest BCUT2D eigenvalue weighted by atomic mass is 35.5. The summed E-state index contributed by atoms with van der Waals surface area (Å²) in [7, 11) is 0. The quantitative estimate of drug-likeness (QED) is 0.862. The van der Waals surface area contributed by atoms with Crippen molar-refractivity contribution in [2.45, 2.75) is 19.8 Å². The number of nitrogens with two attached hydrogens (primary N) is 1. The van der Waals surface area contributed by atoms with Crippen LogP contribution in [0.25, 0.3) is 0 Å². The van der Waals surface area contributed by atoms with E-state index in [0.717, 1.165) is 25.2 Å². The lowest BCUT2D eigenvalue weighted by Crippen LogP contribution is -2.31. The van der Waals surface area contributed by atoms with Crippen molar-refractivity contribution in [1.29, 1.82) is 0 Å². The Morgan fingerprint density at radius 3 is 2.06 bits per heavy atom. The molecule has 0 spiro atoms. The standard InChI is InChI=1S/C13H20Cl2N2/c1-3-17(4-2)9-11(8-16)10-5-12(14)7-13(15)6-10/h5-7,11H,3-4,8-9,16H2,1-2H3. The molecule has 0 saturated carbocycles. The Balaban J connectivity index is 2.85. The van der Waals surface area contributed by atoms with Gasteiger partial charge in [-0.3, -0.25) is 0 Å². The van der Waals surface area contributed by atoms with Crippen molar-refractivity contribution in [3.05, 3.63) is 33.8 Å². The fraction of sp³-hybridized carbons (Fsp3) is 0.538. The lowest BCUT2D eigenvalue weighted by atomic mass is 9.98. The summed E-state index contributed by atoms with van der Waals surface area (Å²) in [6.07, 6.45) is 0. The summed E-state index contributed by atoms with van der Waals surface area (Å²) in [6.45, 7) is 7.92. The second-order valence-electron chi connectivity index (χ2n) is 4.12. The van der Waals surface area contributed by atoms with E-state index in [4.69, 9.17) is 28.9 Å². The zero-order valence-corrected chi connectivity index (χ0v) is 11.9. The summed E-state index contributed by atoms with van der Waals surface area (Å²) in [5, 5.41) is 1.34. The zero-order valence-electron chi connectivity index (χ0n) is 10.4. The van der Waals surface area contributed by atoms with E-state index >= 15 is 0 Å². The second kappa shape index (κ2) is 7.22. The fourth-order valence-electron chi connectivity index (χ4n) is 1.92. The van der Waals surface area contributed by atoms with E-state index in [1.54, 1.807) is 6.07 Å². The normalized spacial score (nSPS) is 13.1. The van der Waals surface area contributed by atoms with Gasteiger partial charge >= 0.3 is 0 Å². The van der Waals surface area contributed by atoms with Crippen LogP contribution >= 0.6 is 23.2 Å². The molecule has 1 atom stereocenters. The molecule has 4 heteroatoms. The van der Waals surface area contributed by atoms with Crippen LogP contribution in [-0.4, -0.2) is 31.1 Å². The molecule has 0 fully saturated rings. The van der Waals surface area contributed by atoms with Crippen molar-refractivity contribution in [2.75, 3.05) is 26.2 Å². The predicted molar refractivity (Wildman–Crippen MR) is 76.0 cm³/mol. The minimum Gasteiger partial charge on any atom is -0.330 e. The first-order chi connectivity index (χ1) is 8.10. The Kier molecular flexibility index (Phi) is 6.28. The van der Waals surface area contributed by atoms with Crippen molar-refractivity contribution in [3.8, 4) is 0 Å². The van der Waals surface area contributed by atoms with Gasteiger partial charge < -0.3 is 10.6 Å². The van der Waals surface area contributed by atoms with Gasteiger partial charge in [0.25, 0.3) is 0 Å². The molecule has 1 rings (SSSR count). The number of hydrogen-bond donors (Lipinski definition) is 1. The van der Waals surface area contributed by atoms with Gasteiger partial charge in [0, 0.05) is 29.1 Å². The first-order valence-electron chi connectivity index (χ1n) is 5.99. The minimum atomic E-state index is 0.283. The summed E-state index contributed by atoms with van der Waals surface area (Å²) >= 11 is 12.0. The molecule has 0 radical (unpaired) electrons. The number of hydrogen-bond acceptors (Lipinski definition) is 2. The maximum Gasteiger partial charge on any atom is 0.0423 e. The van der Waals surface area contributed by atoms with Crippen molar-refractivity contribution in [2.24, 2.45) is 5.73 Å². The molecule has 0 amide bonds. The van der Waals surface area contributed by atoms with Crippen molar-refractivity contribution < 1.29 is 0 Å². The van der Waals surface area contributed by atoms with Gasteiger partial charge in [-0.1, -0.05) is 37.0 Å².